The summed E-state index contributed by atoms with van der Waals surface area (Å²) in [6, 6.07) is 14.0. The van der Waals surface area contributed by atoms with Gasteiger partial charge in [-0.25, -0.2) is 9.50 Å². The number of ether oxygens (including phenoxy) is 2. The Kier molecular flexibility index (Phi) is 6.15. The summed E-state index contributed by atoms with van der Waals surface area (Å²) in [5.41, 5.74) is 8.40. The zero-order valence-electron chi connectivity index (χ0n) is 22.1. The van der Waals surface area contributed by atoms with Crippen molar-refractivity contribution in [2.24, 2.45) is 11.3 Å². The number of phenolic OH excluding ortho intramolecular Hbond substituents is 1. The number of hydrogen-bond donors (Lipinski definition) is 1. The second-order valence-corrected chi connectivity index (χ2v) is 10.5. The molecule has 6 nitrogen and oxygen atoms in total. The Balaban J connectivity index is 1.82. The van der Waals surface area contributed by atoms with Gasteiger partial charge < -0.3 is 14.6 Å². The molecule has 0 unspecified atom stereocenters. The average Bonchev–Trinajstić information content (AvgIpc) is 3.24. The first-order valence-electron chi connectivity index (χ1n) is 12.7. The number of phenols is 1. The summed E-state index contributed by atoms with van der Waals surface area (Å²) in [7, 11) is 3.11. The third kappa shape index (κ3) is 3.89. The Hall–Kier alpha value is -3.54. The van der Waals surface area contributed by atoms with Gasteiger partial charge in [0.2, 0.25) is 5.75 Å². The SMILES string of the molecule is CCC(C)(C)[C@@H]1CCc2c(c(-c3cc(OC)c(O)c(OC)c3)nc3c(-c4ccccc4)c(C)nn23)C1. The normalized spacial score (nSPS) is 15.7. The van der Waals surface area contributed by atoms with Crippen molar-refractivity contribution >= 4 is 5.65 Å². The van der Waals surface area contributed by atoms with E-state index < -0.39 is 0 Å². The number of nitrogens with zero attached hydrogens (tertiary/aromatic N) is 3. The average molecular weight is 486 g/mol. The van der Waals surface area contributed by atoms with Gasteiger partial charge in [0.15, 0.2) is 17.1 Å². The minimum Gasteiger partial charge on any atom is -0.502 e. The number of rotatable bonds is 6. The molecule has 0 radical (unpaired) electrons. The lowest BCUT2D eigenvalue weighted by atomic mass is 9.68. The van der Waals surface area contributed by atoms with Crippen LogP contribution in [-0.4, -0.2) is 33.9 Å². The van der Waals surface area contributed by atoms with E-state index in [0.29, 0.717) is 17.4 Å². The maximum Gasteiger partial charge on any atom is 0.200 e. The molecular formula is C30H35N3O3. The van der Waals surface area contributed by atoms with Crippen molar-refractivity contribution in [3.63, 3.8) is 0 Å². The molecule has 1 aliphatic carbocycles. The van der Waals surface area contributed by atoms with E-state index in [9.17, 15) is 5.11 Å². The van der Waals surface area contributed by atoms with Crippen molar-refractivity contribution < 1.29 is 14.6 Å². The smallest absolute Gasteiger partial charge is 0.200 e. The van der Waals surface area contributed by atoms with Crippen molar-refractivity contribution in [3.8, 4) is 39.6 Å². The molecule has 4 aromatic rings. The zero-order chi connectivity index (χ0) is 25.6. The fourth-order valence-corrected chi connectivity index (χ4v) is 5.54. The van der Waals surface area contributed by atoms with Crippen LogP contribution in [0, 0.1) is 18.3 Å². The first kappa shape index (κ1) is 24.2. The van der Waals surface area contributed by atoms with Gasteiger partial charge in [0.1, 0.15) is 0 Å². The molecule has 0 amide bonds. The van der Waals surface area contributed by atoms with E-state index in [4.69, 9.17) is 19.6 Å². The summed E-state index contributed by atoms with van der Waals surface area (Å²) in [5.74, 6) is 1.27. The van der Waals surface area contributed by atoms with E-state index in [-0.39, 0.29) is 11.2 Å². The Morgan fingerprint density at radius 2 is 1.72 bits per heavy atom. The summed E-state index contributed by atoms with van der Waals surface area (Å²) in [6.07, 6.45) is 4.11. The van der Waals surface area contributed by atoms with Crippen LogP contribution in [0.15, 0.2) is 42.5 Å². The van der Waals surface area contributed by atoms with Crippen LogP contribution < -0.4 is 9.47 Å². The second-order valence-electron chi connectivity index (χ2n) is 10.5. The summed E-state index contributed by atoms with van der Waals surface area (Å²) in [5, 5.41) is 15.6. The third-order valence-corrected chi connectivity index (χ3v) is 8.16. The summed E-state index contributed by atoms with van der Waals surface area (Å²) in [6.45, 7) is 9.07. The number of hydrogen-bond acceptors (Lipinski definition) is 5. The molecule has 2 aromatic heterocycles. The van der Waals surface area contributed by atoms with E-state index in [1.807, 2.05) is 30.3 Å². The maximum absolute atomic E-state index is 10.6. The van der Waals surface area contributed by atoms with Gasteiger partial charge in [-0.15, -0.1) is 0 Å². The van der Waals surface area contributed by atoms with Crippen LogP contribution in [0.25, 0.3) is 28.0 Å². The van der Waals surface area contributed by atoms with Crippen LogP contribution >= 0.6 is 0 Å². The monoisotopic (exact) mass is 485 g/mol. The van der Waals surface area contributed by atoms with E-state index >= 15 is 0 Å². The van der Waals surface area contributed by atoms with Crippen LogP contribution in [0.2, 0.25) is 0 Å². The number of benzene rings is 2. The fourth-order valence-electron chi connectivity index (χ4n) is 5.54. The highest BCUT2D eigenvalue weighted by Gasteiger charge is 2.35. The molecule has 0 saturated heterocycles. The number of aryl methyl sites for hydroxylation is 2. The van der Waals surface area contributed by atoms with E-state index in [1.165, 1.54) is 11.3 Å². The highest BCUT2D eigenvalue weighted by Crippen LogP contribution is 2.46. The topological polar surface area (TPSA) is 68.9 Å². The molecule has 0 spiro atoms. The Morgan fingerprint density at radius 3 is 2.33 bits per heavy atom. The Bertz CT molecular complexity index is 1400. The minimum atomic E-state index is -0.00568. The van der Waals surface area contributed by atoms with Gasteiger partial charge in [-0.1, -0.05) is 57.5 Å². The largest absolute Gasteiger partial charge is 0.502 e. The van der Waals surface area contributed by atoms with E-state index in [2.05, 4.69) is 44.3 Å². The van der Waals surface area contributed by atoms with Crippen LogP contribution in [-0.2, 0) is 12.8 Å². The third-order valence-electron chi connectivity index (χ3n) is 8.16. The van der Waals surface area contributed by atoms with Gasteiger partial charge in [-0.2, -0.15) is 5.10 Å². The highest BCUT2D eigenvalue weighted by molar-refractivity contribution is 5.83. The van der Waals surface area contributed by atoms with Gasteiger partial charge in [0.25, 0.3) is 0 Å². The van der Waals surface area contributed by atoms with Crippen molar-refractivity contribution in [3.05, 3.63) is 59.4 Å². The lowest BCUT2D eigenvalue weighted by Crippen LogP contribution is -2.30. The predicted molar refractivity (Wildman–Crippen MR) is 143 cm³/mol. The number of methoxy groups -OCH3 is 2. The quantitative estimate of drug-likeness (QED) is 0.332. The molecule has 1 aliphatic rings. The lowest BCUT2D eigenvalue weighted by Gasteiger charge is -2.37. The molecule has 2 aromatic carbocycles. The van der Waals surface area contributed by atoms with Gasteiger partial charge in [0, 0.05) is 22.4 Å². The molecule has 0 saturated carbocycles. The summed E-state index contributed by atoms with van der Waals surface area (Å²) >= 11 is 0. The Morgan fingerprint density at radius 1 is 1.06 bits per heavy atom. The molecular weight excluding hydrogens is 450 g/mol. The summed E-state index contributed by atoms with van der Waals surface area (Å²) < 4.78 is 13.1. The van der Waals surface area contributed by atoms with E-state index in [1.54, 1.807) is 14.2 Å². The van der Waals surface area contributed by atoms with Crippen molar-refractivity contribution in [1.82, 2.24) is 14.6 Å². The first-order valence-corrected chi connectivity index (χ1v) is 12.7. The molecule has 2 heterocycles. The van der Waals surface area contributed by atoms with Crippen LogP contribution in [0.3, 0.4) is 0 Å². The highest BCUT2D eigenvalue weighted by atomic mass is 16.5. The van der Waals surface area contributed by atoms with Crippen molar-refractivity contribution in [1.29, 1.82) is 0 Å². The standard InChI is InChI=1S/C30H35N3O3/c1-7-30(3,4)21-13-14-23-22(17-21)27(20-15-24(35-5)28(34)25(16-20)36-6)31-29-26(18(2)32-33(23)29)19-11-9-8-10-12-19/h8-12,15-16,21,34H,7,13-14,17H2,1-6H3/t21-/m1/s1. The van der Waals surface area contributed by atoms with Crippen LogP contribution in [0.4, 0.5) is 0 Å². The molecule has 6 heteroatoms. The minimum absolute atomic E-state index is 0.00568. The summed E-state index contributed by atoms with van der Waals surface area (Å²) in [4.78, 5) is 5.29. The lowest BCUT2D eigenvalue weighted by molar-refractivity contribution is 0.181. The van der Waals surface area contributed by atoms with E-state index in [0.717, 1.165) is 59.4 Å². The number of fused-ring (bicyclic) bond motifs is 3. The van der Waals surface area contributed by atoms with Gasteiger partial charge in [0.05, 0.1) is 25.6 Å². The zero-order valence-corrected chi connectivity index (χ0v) is 22.1. The first-order chi connectivity index (χ1) is 17.3. The molecule has 0 bridgehead atoms. The van der Waals surface area contributed by atoms with Gasteiger partial charge >= 0.3 is 0 Å². The van der Waals surface area contributed by atoms with Crippen molar-refractivity contribution in [2.45, 2.75) is 53.4 Å². The van der Waals surface area contributed by atoms with Crippen LogP contribution in [0.1, 0.15) is 50.6 Å². The van der Waals surface area contributed by atoms with Gasteiger partial charge in [-0.05, 0) is 55.2 Å². The molecule has 1 N–H and O–H groups in total. The molecule has 1 atom stereocenters. The number of aromatic hydroxyl groups is 1. The second kappa shape index (κ2) is 9.16. The van der Waals surface area contributed by atoms with Gasteiger partial charge in [-0.3, -0.25) is 0 Å². The molecule has 5 rings (SSSR count). The van der Waals surface area contributed by atoms with Crippen LogP contribution in [0.5, 0.6) is 17.2 Å². The molecule has 0 aliphatic heterocycles. The maximum atomic E-state index is 10.6. The molecule has 0 fully saturated rings. The molecule has 36 heavy (non-hydrogen) atoms. The molecule has 188 valence electrons. The number of aromatic nitrogens is 3. The fraction of sp³-hybridized carbons (Fsp3) is 0.400. The van der Waals surface area contributed by atoms with Crippen molar-refractivity contribution in [2.75, 3.05) is 14.2 Å². The Labute approximate surface area is 212 Å². The predicted octanol–water partition coefficient (Wildman–Crippen LogP) is 6.64.